The molecule has 6 heteroatoms. The lowest BCUT2D eigenvalue weighted by molar-refractivity contribution is -0.113. The molecule has 5 nitrogen and oxygen atoms in total. The molecule has 1 atom stereocenters. The number of hydrogen-bond donors (Lipinski definition) is 2. The summed E-state index contributed by atoms with van der Waals surface area (Å²) in [4.78, 5) is 11.7. The van der Waals surface area contributed by atoms with Crippen LogP contribution >= 0.6 is 11.8 Å². The number of nitrogens with one attached hydrogen (secondary N) is 1. The van der Waals surface area contributed by atoms with Crippen LogP contribution in [-0.2, 0) is 4.79 Å². The van der Waals surface area contributed by atoms with Crippen LogP contribution < -0.4 is 20.5 Å². The van der Waals surface area contributed by atoms with E-state index in [1.807, 2.05) is 6.92 Å². The third-order valence-electron chi connectivity index (χ3n) is 2.61. The van der Waals surface area contributed by atoms with Gasteiger partial charge in [-0.05, 0) is 31.2 Å². The van der Waals surface area contributed by atoms with Gasteiger partial charge in [0, 0.05) is 17.8 Å². The number of fused-ring (bicyclic) bond motifs is 1. The van der Waals surface area contributed by atoms with Crippen LogP contribution in [-0.4, -0.2) is 30.2 Å². The van der Waals surface area contributed by atoms with E-state index in [4.69, 9.17) is 15.2 Å². The second kappa shape index (κ2) is 6.68. The molecule has 1 aliphatic heterocycles. The van der Waals surface area contributed by atoms with Crippen LogP contribution in [0.5, 0.6) is 11.5 Å². The summed E-state index contributed by atoms with van der Waals surface area (Å²) in [5.41, 5.74) is 6.37. The van der Waals surface area contributed by atoms with E-state index >= 15 is 0 Å². The predicted molar refractivity (Wildman–Crippen MR) is 76.8 cm³/mol. The van der Waals surface area contributed by atoms with Gasteiger partial charge in [-0.1, -0.05) is 0 Å². The average Bonchev–Trinajstić information content (AvgIpc) is 2.82. The largest absolute Gasteiger partial charge is 0.454 e. The highest BCUT2D eigenvalue weighted by Crippen LogP contribution is 2.34. The molecule has 0 fully saturated rings. The normalized spacial score (nSPS) is 14.2. The zero-order valence-corrected chi connectivity index (χ0v) is 11.7. The van der Waals surface area contributed by atoms with Crippen molar-refractivity contribution in [2.24, 2.45) is 5.73 Å². The Morgan fingerprint density at radius 2 is 2.26 bits per heavy atom. The first kappa shape index (κ1) is 14.0. The summed E-state index contributed by atoms with van der Waals surface area (Å²) in [6.07, 6.45) is 0.919. The van der Waals surface area contributed by atoms with Crippen LogP contribution in [0.3, 0.4) is 0 Å². The minimum Gasteiger partial charge on any atom is -0.454 e. The third-order valence-corrected chi connectivity index (χ3v) is 3.60. The number of carbonyl (C=O) groups is 1. The number of amides is 1. The number of carbonyl (C=O) groups excluding carboxylic acids is 1. The smallest absolute Gasteiger partial charge is 0.234 e. The summed E-state index contributed by atoms with van der Waals surface area (Å²) in [6, 6.07) is 5.55. The average molecular weight is 282 g/mol. The summed E-state index contributed by atoms with van der Waals surface area (Å²) >= 11 is 1.59. The molecule has 0 saturated carbocycles. The maximum atomic E-state index is 11.7. The topological polar surface area (TPSA) is 73.6 Å². The van der Waals surface area contributed by atoms with Crippen molar-refractivity contribution in [2.75, 3.05) is 23.6 Å². The molecular weight excluding hydrogens is 264 g/mol. The van der Waals surface area contributed by atoms with Crippen molar-refractivity contribution in [3.05, 3.63) is 18.2 Å². The van der Waals surface area contributed by atoms with Crippen LogP contribution in [0.25, 0.3) is 0 Å². The molecule has 19 heavy (non-hydrogen) atoms. The molecule has 1 aromatic rings. The fourth-order valence-corrected chi connectivity index (χ4v) is 2.55. The first-order valence-corrected chi connectivity index (χ1v) is 7.33. The van der Waals surface area contributed by atoms with Crippen LogP contribution in [0.4, 0.5) is 5.69 Å². The van der Waals surface area contributed by atoms with E-state index in [1.165, 1.54) is 0 Å². The number of thioether (sulfide) groups is 1. The van der Waals surface area contributed by atoms with E-state index in [9.17, 15) is 4.79 Å². The summed E-state index contributed by atoms with van der Waals surface area (Å²) in [7, 11) is 0. The van der Waals surface area contributed by atoms with Crippen LogP contribution in [0.15, 0.2) is 18.2 Å². The van der Waals surface area contributed by atoms with E-state index in [-0.39, 0.29) is 18.7 Å². The Kier molecular flexibility index (Phi) is 4.93. The standard InChI is InChI=1S/C13H18N2O3S/c1-9(14)4-5-19-7-13(16)15-10-2-3-11-12(6-10)18-8-17-11/h2-3,6,9H,4-5,7-8,14H2,1H3,(H,15,16). The van der Waals surface area contributed by atoms with Crippen LogP contribution in [0, 0.1) is 0 Å². The highest BCUT2D eigenvalue weighted by molar-refractivity contribution is 7.99. The lowest BCUT2D eigenvalue weighted by atomic mass is 10.3. The van der Waals surface area contributed by atoms with Gasteiger partial charge in [0.15, 0.2) is 11.5 Å². The molecule has 0 radical (unpaired) electrons. The van der Waals surface area contributed by atoms with Crippen molar-refractivity contribution in [3.8, 4) is 11.5 Å². The van der Waals surface area contributed by atoms with Crippen molar-refractivity contribution in [2.45, 2.75) is 19.4 Å². The van der Waals surface area contributed by atoms with E-state index in [0.717, 1.165) is 17.9 Å². The first-order chi connectivity index (χ1) is 9.15. The lowest BCUT2D eigenvalue weighted by Crippen LogP contribution is -2.17. The Morgan fingerprint density at radius 1 is 1.47 bits per heavy atom. The molecule has 2 rings (SSSR count). The summed E-state index contributed by atoms with van der Waals surface area (Å²) in [5.74, 6) is 2.69. The number of ether oxygens (including phenoxy) is 2. The summed E-state index contributed by atoms with van der Waals surface area (Å²) in [5, 5.41) is 2.83. The zero-order chi connectivity index (χ0) is 13.7. The third kappa shape index (κ3) is 4.33. The number of hydrogen-bond acceptors (Lipinski definition) is 5. The van der Waals surface area contributed by atoms with Gasteiger partial charge in [0.1, 0.15) is 0 Å². The monoisotopic (exact) mass is 282 g/mol. The molecule has 0 spiro atoms. The van der Waals surface area contributed by atoms with E-state index in [1.54, 1.807) is 30.0 Å². The summed E-state index contributed by atoms with van der Waals surface area (Å²) in [6.45, 7) is 2.20. The van der Waals surface area contributed by atoms with Crippen molar-refractivity contribution in [1.82, 2.24) is 0 Å². The Morgan fingerprint density at radius 3 is 3.05 bits per heavy atom. The molecular formula is C13H18N2O3S. The SMILES string of the molecule is CC(N)CCSCC(=O)Nc1ccc2c(c1)OCO2. The molecule has 3 N–H and O–H groups in total. The van der Waals surface area contributed by atoms with Gasteiger partial charge in [0.05, 0.1) is 5.75 Å². The van der Waals surface area contributed by atoms with Gasteiger partial charge in [0.25, 0.3) is 0 Å². The number of rotatable bonds is 6. The number of benzene rings is 1. The van der Waals surface area contributed by atoms with Crippen LogP contribution in [0.1, 0.15) is 13.3 Å². The van der Waals surface area contributed by atoms with E-state index in [2.05, 4.69) is 5.32 Å². The predicted octanol–water partition coefficient (Wildman–Crippen LogP) is 1.82. The first-order valence-electron chi connectivity index (χ1n) is 6.18. The molecule has 104 valence electrons. The Bertz CT molecular complexity index is 452. The lowest BCUT2D eigenvalue weighted by Gasteiger charge is -2.07. The number of anilines is 1. The van der Waals surface area contributed by atoms with Crippen molar-refractivity contribution in [1.29, 1.82) is 0 Å². The van der Waals surface area contributed by atoms with Gasteiger partial charge in [-0.15, -0.1) is 0 Å². The fourth-order valence-electron chi connectivity index (χ4n) is 1.61. The summed E-state index contributed by atoms with van der Waals surface area (Å²) < 4.78 is 10.5. The maximum Gasteiger partial charge on any atom is 0.234 e. The van der Waals surface area contributed by atoms with Gasteiger partial charge < -0.3 is 20.5 Å². The second-order valence-electron chi connectivity index (χ2n) is 4.43. The van der Waals surface area contributed by atoms with Crippen molar-refractivity contribution >= 4 is 23.4 Å². The van der Waals surface area contributed by atoms with Crippen molar-refractivity contribution in [3.63, 3.8) is 0 Å². The van der Waals surface area contributed by atoms with E-state index < -0.39 is 0 Å². The van der Waals surface area contributed by atoms with Crippen LogP contribution in [0.2, 0.25) is 0 Å². The Labute approximate surface area is 116 Å². The van der Waals surface area contributed by atoms with E-state index in [0.29, 0.717) is 17.3 Å². The van der Waals surface area contributed by atoms with Gasteiger partial charge in [-0.2, -0.15) is 11.8 Å². The molecule has 1 unspecified atom stereocenters. The second-order valence-corrected chi connectivity index (χ2v) is 5.54. The molecule has 1 heterocycles. The Balaban J connectivity index is 1.76. The zero-order valence-electron chi connectivity index (χ0n) is 10.8. The highest BCUT2D eigenvalue weighted by Gasteiger charge is 2.14. The number of nitrogens with two attached hydrogens (primary N) is 1. The molecule has 1 aromatic carbocycles. The van der Waals surface area contributed by atoms with Gasteiger partial charge >= 0.3 is 0 Å². The molecule has 0 saturated heterocycles. The minimum atomic E-state index is -0.0199. The Hall–Kier alpha value is -1.40. The van der Waals surface area contributed by atoms with Crippen molar-refractivity contribution < 1.29 is 14.3 Å². The van der Waals surface area contributed by atoms with Gasteiger partial charge in [0.2, 0.25) is 12.7 Å². The molecule has 0 aromatic heterocycles. The highest BCUT2D eigenvalue weighted by atomic mass is 32.2. The molecule has 0 bridgehead atoms. The van der Waals surface area contributed by atoms with Gasteiger partial charge in [-0.25, -0.2) is 0 Å². The van der Waals surface area contributed by atoms with Gasteiger partial charge in [-0.3, -0.25) is 4.79 Å². The maximum absolute atomic E-state index is 11.7. The quantitative estimate of drug-likeness (QED) is 0.779. The fraction of sp³-hybridized carbons (Fsp3) is 0.462. The minimum absolute atomic E-state index is 0.0199. The molecule has 0 aliphatic carbocycles. The molecule has 1 aliphatic rings. The molecule has 1 amide bonds.